The molecule has 0 aliphatic heterocycles. The third-order valence-corrected chi connectivity index (χ3v) is 7.18. The fourth-order valence-corrected chi connectivity index (χ4v) is 5.73. The molecule has 0 radical (unpaired) electrons. The van der Waals surface area contributed by atoms with E-state index in [0.29, 0.717) is 5.56 Å². The predicted octanol–water partition coefficient (Wildman–Crippen LogP) is 0.477. The highest BCUT2D eigenvalue weighted by atomic mass is 35.5. The number of ketones is 3. The molecule has 1 saturated carbocycles. The lowest BCUT2D eigenvalue weighted by molar-refractivity contribution is -0.164. The maximum atomic E-state index is 13.6. The van der Waals surface area contributed by atoms with Crippen molar-refractivity contribution in [1.82, 2.24) is 4.90 Å². The second-order valence-corrected chi connectivity index (χ2v) is 8.87. The van der Waals surface area contributed by atoms with Crippen LogP contribution in [0.2, 0.25) is 0 Å². The largest absolute Gasteiger partial charge is 0.508 e. The van der Waals surface area contributed by atoms with Crippen LogP contribution in [0.25, 0.3) is 0 Å². The Morgan fingerprint density at radius 1 is 1.16 bits per heavy atom. The van der Waals surface area contributed by atoms with E-state index in [4.69, 9.17) is 5.73 Å². The fraction of sp³-hybridized carbons (Fsp3) is 0.455. The molecule has 5 N–H and O–H groups in total. The van der Waals surface area contributed by atoms with E-state index in [9.17, 15) is 34.5 Å². The van der Waals surface area contributed by atoms with Crippen molar-refractivity contribution in [2.45, 2.75) is 30.9 Å². The maximum Gasteiger partial charge on any atom is 0.255 e. The van der Waals surface area contributed by atoms with Gasteiger partial charge in [0, 0.05) is 5.92 Å². The van der Waals surface area contributed by atoms with Crippen molar-refractivity contribution < 1.29 is 34.5 Å². The maximum absolute atomic E-state index is 13.6. The first-order chi connectivity index (χ1) is 14.4. The van der Waals surface area contributed by atoms with Gasteiger partial charge in [-0.2, -0.15) is 0 Å². The molecule has 3 aliphatic rings. The van der Waals surface area contributed by atoms with Gasteiger partial charge in [0.2, 0.25) is 0 Å². The Morgan fingerprint density at radius 2 is 1.78 bits per heavy atom. The van der Waals surface area contributed by atoms with Gasteiger partial charge in [0.15, 0.2) is 23.0 Å². The van der Waals surface area contributed by atoms with Crippen LogP contribution in [0.5, 0.6) is 5.75 Å². The van der Waals surface area contributed by atoms with E-state index < -0.39 is 64.0 Å². The van der Waals surface area contributed by atoms with Crippen molar-refractivity contribution in [2.75, 3.05) is 14.1 Å². The molecule has 172 valence electrons. The number of hydrogen-bond acceptors (Lipinski definition) is 8. The Labute approximate surface area is 190 Å². The van der Waals surface area contributed by atoms with Crippen molar-refractivity contribution in [3.05, 3.63) is 40.7 Å². The molecule has 6 atom stereocenters. The summed E-state index contributed by atoms with van der Waals surface area (Å²) in [5.74, 6) is -8.36. The van der Waals surface area contributed by atoms with E-state index in [1.165, 1.54) is 11.0 Å². The van der Waals surface area contributed by atoms with E-state index in [0.717, 1.165) is 0 Å². The molecule has 0 aromatic heterocycles. The second-order valence-electron chi connectivity index (χ2n) is 8.87. The van der Waals surface area contributed by atoms with Gasteiger partial charge in [-0.05, 0) is 44.0 Å². The Balaban J connectivity index is 0.00000289. The number of aliphatic hydroxyl groups is 2. The monoisotopic (exact) mass is 464 g/mol. The number of hydrogen-bond donors (Lipinski definition) is 4. The Kier molecular flexibility index (Phi) is 5.74. The molecule has 0 heterocycles. The van der Waals surface area contributed by atoms with Crippen LogP contribution in [0, 0.1) is 17.8 Å². The van der Waals surface area contributed by atoms with Crippen LogP contribution in [0.1, 0.15) is 35.2 Å². The number of carbonyl (C=O) groups excluding carboxylic acids is 4. The average Bonchev–Trinajstić information content (AvgIpc) is 2.68. The molecule has 10 heteroatoms. The number of phenols is 1. The molecule has 32 heavy (non-hydrogen) atoms. The molecule has 1 amide bonds. The molecular weight excluding hydrogens is 440 g/mol. The van der Waals surface area contributed by atoms with Crippen molar-refractivity contribution >= 4 is 35.7 Å². The van der Waals surface area contributed by atoms with Gasteiger partial charge in [-0.1, -0.05) is 19.1 Å². The first-order valence-electron chi connectivity index (χ1n) is 10.0. The number of likely N-dealkylation sites (N-methyl/N-ethyl adjacent to an activating group) is 1. The molecule has 1 fully saturated rings. The van der Waals surface area contributed by atoms with E-state index in [1.807, 2.05) is 6.92 Å². The first-order valence-corrected chi connectivity index (χ1v) is 10.0. The van der Waals surface area contributed by atoms with E-state index >= 15 is 0 Å². The number of benzene rings is 1. The number of rotatable bonds is 2. The van der Waals surface area contributed by atoms with Gasteiger partial charge in [0.05, 0.1) is 17.5 Å². The summed E-state index contributed by atoms with van der Waals surface area (Å²) in [6, 6.07) is 3.57. The lowest BCUT2D eigenvalue weighted by Gasteiger charge is -2.53. The molecular formula is C22H25ClN2O7. The van der Waals surface area contributed by atoms with Crippen LogP contribution >= 0.6 is 12.4 Å². The van der Waals surface area contributed by atoms with Crippen LogP contribution in [-0.2, 0) is 14.4 Å². The lowest BCUT2D eigenvalue weighted by atomic mass is 9.52. The van der Waals surface area contributed by atoms with Crippen LogP contribution in [0.3, 0.4) is 0 Å². The van der Waals surface area contributed by atoms with Crippen molar-refractivity contribution in [1.29, 1.82) is 0 Å². The number of nitrogens with zero attached hydrogens (tertiary/aromatic N) is 1. The first kappa shape index (κ1) is 23.9. The summed E-state index contributed by atoms with van der Waals surface area (Å²) in [5.41, 5.74) is 2.44. The third-order valence-electron chi connectivity index (χ3n) is 7.18. The Morgan fingerprint density at radius 3 is 2.34 bits per heavy atom. The van der Waals surface area contributed by atoms with Crippen LogP contribution in [0.4, 0.5) is 0 Å². The van der Waals surface area contributed by atoms with Gasteiger partial charge in [-0.3, -0.25) is 24.1 Å². The normalized spacial score (nSPS) is 33.9. The SMILES string of the molecule is CC1c2cccc(O)c2C(=O)C2C(=O)[C@]3(O)C(O)=C(C(N)=O)C(=O)[C@@H](N(C)C)[C@@H]3C[C@@H]21.Cl. The summed E-state index contributed by atoms with van der Waals surface area (Å²) in [4.78, 5) is 53.3. The molecule has 0 saturated heterocycles. The highest BCUT2D eigenvalue weighted by molar-refractivity contribution is 6.25. The number of aromatic hydroxyl groups is 1. The zero-order valence-electron chi connectivity index (χ0n) is 17.7. The summed E-state index contributed by atoms with van der Waals surface area (Å²) in [6.07, 6.45) is 0.0690. The molecule has 9 nitrogen and oxygen atoms in total. The average molecular weight is 465 g/mol. The number of phenolic OH excluding ortho intramolecular Hbond substituents is 1. The van der Waals surface area contributed by atoms with Gasteiger partial charge in [-0.15, -0.1) is 12.4 Å². The van der Waals surface area contributed by atoms with Crippen LogP contribution in [0.15, 0.2) is 29.5 Å². The van der Waals surface area contributed by atoms with Gasteiger partial charge in [0.1, 0.15) is 17.1 Å². The number of aliphatic hydroxyl groups excluding tert-OH is 1. The topological polar surface area (TPSA) is 158 Å². The highest BCUT2D eigenvalue weighted by Gasteiger charge is 2.66. The zero-order valence-corrected chi connectivity index (χ0v) is 18.5. The number of halogens is 1. The van der Waals surface area contributed by atoms with Gasteiger partial charge >= 0.3 is 0 Å². The minimum absolute atomic E-state index is 0. The molecule has 0 bridgehead atoms. The molecule has 2 unspecified atom stereocenters. The van der Waals surface area contributed by atoms with E-state index in [1.54, 1.807) is 26.2 Å². The van der Waals surface area contributed by atoms with Crippen LogP contribution < -0.4 is 5.73 Å². The number of fused-ring (bicyclic) bond motifs is 3. The summed E-state index contributed by atoms with van der Waals surface area (Å²) in [6.45, 7) is 1.82. The summed E-state index contributed by atoms with van der Waals surface area (Å²) >= 11 is 0. The fourth-order valence-electron chi connectivity index (χ4n) is 5.73. The number of carbonyl (C=O) groups is 4. The minimum Gasteiger partial charge on any atom is -0.508 e. The standard InChI is InChI=1S/C22H24N2O7.ClH/c1-8-9-5-4-6-12(25)13(9)17(26)14-10(8)7-11-16(24(2)3)18(27)15(21(23)30)20(29)22(11,31)19(14)28;/h4-6,8,10-11,14,16,25,29,31H,7H2,1-3H3,(H2,23,30);1H/t8?,10-,11+,14?,16+,22+;/m1./s1. The third kappa shape index (κ3) is 2.84. The van der Waals surface area contributed by atoms with Gasteiger partial charge in [0.25, 0.3) is 5.91 Å². The predicted molar refractivity (Wildman–Crippen MR) is 114 cm³/mol. The second kappa shape index (κ2) is 7.68. The summed E-state index contributed by atoms with van der Waals surface area (Å²) < 4.78 is 0. The Hall–Kier alpha value is -2.75. The summed E-state index contributed by atoms with van der Waals surface area (Å²) in [7, 11) is 3.12. The Bertz CT molecular complexity index is 1080. The lowest BCUT2D eigenvalue weighted by Crippen LogP contribution is -2.68. The zero-order chi connectivity index (χ0) is 23.0. The number of nitrogens with two attached hydrogens (primary N) is 1. The van der Waals surface area contributed by atoms with E-state index in [-0.39, 0.29) is 36.1 Å². The number of primary amides is 1. The van der Waals surface area contributed by atoms with Crippen molar-refractivity contribution in [3.63, 3.8) is 0 Å². The smallest absolute Gasteiger partial charge is 0.255 e. The van der Waals surface area contributed by atoms with Crippen LogP contribution in [-0.4, -0.2) is 69.2 Å². The number of amides is 1. The van der Waals surface area contributed by atoms with Crippen molar-refractivity contribution in [3.8, 4) is 5.75 Å². The molecule has 1 aromatic carbocycles. The summed E-state index contributed by atoms with van der Waals surface area (Å²) in [5, 5.41) is 32.5. The van der Waals surface area contributed by atoms with Crippen molar-refractivity contribution in [2.24, 2.45) is 23.5 Å². The van der Waals surface area contributed by atoms with Gasteiger partial charge in [-0.25, -0.2) is 0 Å². The molecule has 0 spiro atoms. The molecule has 4 rings (SSSR count). The molecule has 3 aliphatic carbocycles. The minimum atomic E-state index is -2.62. The molecule has 1 aromatic rings. The van der Waals surface area contributed by atoms with Gasteiger partial charge < -0.3 is 21.1 Å². The highest BCUT2D eigenvalue weighted by Crippen LogP contribution is 2.55. The number of Topliss-reactive ketones (excluding diaryl/α,β-unsaturated/α-hetero) is 3. The quantitative estimate of drug-likeness (QED) is 0.363. The van der Waals surface area contributed by atoms with E-state index in [2.05, 4.69) is 0 Å².